The molecule has 0 atom stereocenters. The summed E-state index contributed by atoms with van der Waals surface area (Å²) in [4.78, 5) is 17.3. The number of nitrogens with two attached hydrogens (primary N) is 1. The topological polar surface area (TPSA) is 68.0 Å². The Morgan fingerprint density at radius 2 is 1.88 bits per heavy atom. The van der Waals surface area contributed by atoms with E-state index in [2.05, 4.69) is 10.3 Å². The SMILES string of the molecule is Cc1ccc(C)c(Nc2nc(N)c(C(=O)c3ccc(Cl)cc3)s2)c1. The summed E-state index contributed by atoms with van der Waals surface area (Å²) in [6, 6.07) is 12.8. The molecule has 24 heavy (non-hydrogen) atoms. The van der Waals surface area contributed by atoms with Gasteiger partial charge in [-0.1, -0.05) is 35.1 Å². The van der Waals surface area contributed by atoms with Crippen LogP contribution in [0.15, 0.2) is 42.5 Å². The number of nitrogen functional groups attached to an aromatic ring is 1. The number of thiazole rings is 1. The van der Waals surface area contributed by atoms with Crippen molar-refractivity contribution in [2.45, 2.75) is 13.8 Å². The fraction of sp³-hybridized carbons (Fsp3) is 0.111. The van der Waals surface area contributed by atoms with Crippen molar-refractivity contribution < 1.29 is 4.79 Å². The summed E-state index contributed by atoms with van der Waals surface area (Å²) in [5, 5.41) is 4.42. The zero-order valence-electron chi connectivity index (χ0n) is 13.3. The Morgan fingerprint density at radius 1 is 1.17 bits per heavy atom. The molecule has 3 N–H and O–H groups in total. The van der Waals surface area contributed by atoms with Crippen LogP contribution < -0.4 is 11.1 Å². The largest absolute Gasteiger partial charge is 0.382 e. The van der Waals surface area contributed by atoms with Crippen molar-refractivity contribution in [1.82, 2.24) is 4.98 Å². The number of nitrogens with one attached hydrogen (secondary N) is 1. The molecule has 0 amide bonds. The first-order chi connectivity index (χ1) is 11.4. The minimum Gasteiger partial charge on any atom is -0.382 e. The van der Waals surface area contributed by atoms with Crippen molar-refractivity contribution in [1.29, 1.82) is 0 Å². The molecule has 1 heterocycles. The molecule has 0 aliphatic heterocycles. The van der Waals surface area contributed by atoms with Crippen LogP contribution in [0.4, 0.5) is 16.6 Å². The van der Waals surface area contributed by atoms with E-state index in [0.717, 1.165) is 16.8 Å². The first kappa shape index (κ1) is 16.5. The van der Waals surface area contributed by atoms with Crippen LogP contribution in [0.25, 0.3) is 0 Å². The predicted octanol–water partition coefficient (Wildman–Crippen LogP) is 4.97. The number of aromatic nitrogens is 1. The fourth-order valence-corrected chi connectivity index (χ4v) is 3.25. The highest BCUT2D eigenvalue weighted by molar-refractivity contribution is 7.18. The summed E-state index contributed by atoms with van der Waals surface area (Å²) in [5.74, 6) is 0.0726. The molecule has 3 aromatic rings. The number of ketones is 1. The summed E-state index contributed by atoms with van der Waals surface area (Å²) in [5.41, 5.74) is 9.67. The van der Waals surface area contributed by atoms with Crippen molar-refractivity contribution in [2.24, 2.45) is 0 Å². The molecule has 0 fully saturated rings. The molecular weight excluding hydrogens is 342 g/mol. The van der Waals surface area contributed by atoms with E-state index < -0.39 is 0 Å². The number of carbonyl (C=O) groups is 1. The Hall–Kier alpha value is -2.37. The molecule has 0 bridgehead atoms. The lowest BCUT2D eigenvalue weighted by Crippen LogP contribution is -2.02. The van der Waals surface area contributed by atoms with Gasteiger partial charge in [0.2, 0.25) is 5.78 Å². The Labute approximate surface area is 149 Å². The average molecular weight is 358 g/mol. The quantitative estimate of drug-likeness (QED) is 0.647. The molecule has 0 spiro atoms. The van der Waals surface area contributed by atoms with Gasteiger partial charge in [0.15, 0.2) is 5.13 Å². The third kappa shape index (κ3) is 3.42. The summed E-state index contributed by atoms with van der Waals surface area (Å²) in [6.07, 6.45) is 0. The van der Waals surface area contributed by atoms with Gasteiger partial charge in [-0.05, 0) is 55.3 Å². The van der Waals surface area contributed by atoms with Gasteiger partial charge in [0, 0.05) is 16.3 Å². The van der Waals surface area contributed by atoms with Crippen LogP contribution in [-0.2, 0) is 0 Å². The van der Waals surface area contributed by atoms with Gasteiger partial charge in [-0.3, -0.25) is 4.79 Å². The highest BCUT2D eigenvalue weighted by Crippen LogP contribution is 2.31. The molecule has 1 aromatic heterocycles. The zero-order valence-corrected chi connectivity index (χ0v) is 14.8. The normalized spacial score (nSPS) is 10.6. The van der Waals surface area contributed by atoms with Crippen LogP contribution in [0.3, 0.4) is 0 Å². The van der Waals surface area contributed by atoms with E-state index in [0.29, 0.717) is 20.6 Å². The first-order valence-corrected chi connectivity index (χ1v) is 8.54. The van der Waals surface area contributed by atoms with Crippen molar-refractivity contribution in [3.05, 3.63) is 69.1 Å². The molecule has 3 rings (SSSR count). The van der Waals surface area contributed by atoms with Crippen LogP contribution in [0.1, 0.15) is 26.4 Å². The molecule has 2 aromatic carbocycles. The standard InChI is InChI=1S/C18H16ClN3OS/c1-10-3-4-11(2)14(9-10)21-18-22-17(20)16(24-18)15(23)12-5-7-13(19)8-6-12/h3-9H,20H2,1-2H3,(H,21,22). The highest BCUT2D eigenvalue weighted by atomic mass is 35.5. The minimum atomic E-state index is -0.157. The molecule has 122 valence electrons. The molecule has 4 nitrogen and oxygen atoms in total. The van der Waals surface area contributed by atoms with Crippen molar-refractivity contribution in [3.8, 4) is 0 Å². The van der Waals surface area contributed by atoms with E-state index in [1.165, 1.54) is 11.3 Å². The van der Waals surface area contributed by atoms with Crippen LogP contribution in [0.2, 0.25) is 5.02 Å². The summed E-state index contributed by atoms with van der Waals surface area (Å²) in [7, 11) is 0. The average Bonchev–Trinajstić information content (AvgIpc) is 2.91. The number of hydrogen-bond donors (Lipinski definition) is 2. The van der Waals surface area contributed by atoms with Gasteiger partial charge in [0.1, 0.15) is 10.7 Å². The van der Waals surface area contributed by atoms with Gasteiger partial charge in [-0.15, -0.1) is 0 Å². The number of hydrogen-bond acceptors (Lipinski definition) is 5. The van der Waals surface area contributed by atoms with Crippen LogP contribution >= 0.6 is 22.9 Å². The van der Waals surface area contributed by atoms with Gasteiger partial charge < -0.3 is 11.1 Å². The summed E-state index contributed by atoms with van der Waals surface area (Å²) < 4.78 is 0. The molecule has 0 aliphatic rings. The van der Waals surface area contributed by atoms with E-state index in [1.807, 2.05) is 32.0 Å². The Morgan fingerprint density at radius 3 is 2.58 bits per heavy atom. The highest BCUT2D eigenvalue weighted by Gasteiger charge is 2.18. The third-order valence-corrected chi connectivity index (χ3v) is 4.84. The Kier molecular flexibility index (Phi) is 4.55. The minimum absolute atomic E-state index is 0.157. The maximum atomic E-state index is 12.6. The predicted molar refractivity (Wildman–Crippen MR) is 101 cm³/mol. The number of anilines is 3. The monoisotopic (exact) mass is 357 g/mol. The number of halogens is 1. The lowest BCUT2D eigenvalue weighted by molar-refractivity contribution is 0.104. The van der Waals surface area contributed by atoms with Crippen molar-refractivity contribution in [3.63, 3.8) is 0 Å². The number of carbonyl (C=O) groups excluding carboxylic acids is 1. The number of rotatable bonds is 4. The van der Waals surface area contributed by atoms with Crippen molar-refractivity contribution >= 4 is 45.4 Å². The Bertz CT molecular complexity index is 903. The second-order valence-electron chi connectivity index (χ2n) is 5.51. The summed E-state index contributed by atoms with van der Waals surface area (Å²) in [6.45, 7) is 4.04. The Balaban J connectivity index is 1.88. The van der Waals surface area contributed by atoms with E-state index >= 15 is 0 Å². The summed E-state index contributed by atoms with van der Waals surface area (Å²) >= 11 is 7.11. The number of benzene rings is 2. The number of nitrogens with zero attached hydrogens (tertiary/aromatic N) is 1. The van der Waals surface area contributed by atoms with E-state index in [-0.39, 0.29) is 11.6 Å². The molecule has 0 saturated carbocycles. The molecule has 0 unspecified atom stereocenters. The van der Waals surface area contributed by atoms with E-state index in [1.54, 1.807) is 24.3 Å². The molecule has 6 heteroatoms. The van der Waals surface area contributed by atoms with Gasteiger partial charge >= 0.3 is 0 Å². The zero-order chi connectivity index (χ0) is 17.3. The smallest absolute Gasteiger partial charge is 0.206 e. The van der Waals surface area contributed by atoms with Gasteiger partial charge in [-0.25, -0.2) is 4.98 Å². The van der Waals surface area contributed by atoms with Crippen LogP contribution in [0, 0.1) is 13.8 Å². The lowest BCUT2D eigenvalue weighted by Gasteiger charge is -2.07. The first-order valence-electron chi connectivity index (χ1n) is 7.35. The van der Waals surface area contributed by atoms with Gasteiger partial charge in [0.25, 0.3) is 0 Å². The number of aryl methyl sites for hydroxylation is 2. The second kappa shape index (κ2) is 6.63. The maximum absolute atomic E-state index is 12.6. The molecule has 0 aliphatic carbocycles. The maximum Gasteiger partial charge on any atom is 0.206 e. The fourth-order valence-electron chi connectivity index (χ4n) is 2.27. The molecule has 0 saturated heterocycles. The van der Waals surface area contributed by atoms with Gasteiger partial charge in [-0.2, -0.15) is 0 Å². The second-order valence-corrected chi connectivity index (χ2v) is 6.95. The third-order valence-electron chi connectivity index (χ3n) is 3.60. The van der Waals surface area contributed by atoms with Gasteiger partial charge in [0.05, 0.1) is 0 Å². The van der Waals surface area contributed by atoms with Crippen LogP contribution in [0.5, 0.6) is 0 Å². The van der Waals surface area contributed by atoms with E-state index in [9.17, 15) is 4.79 Å². The molecular formula is C18H16ClN3OS. The molecule has 0 radical (unpaired) electrons. The van der Waals surface area contributed by atoms with Crippen molar-refractivity contribution in [2.75, 3.05) is 11.1 Å². The lowest BCUT2D eigenvalue weighted by atomic mass is 10.1. The van der Waals surface area contributed by atoms with Crippen LogP contribution in [-0.4, -0.2) is 10.8 Å². The van der Waals surface area contributed by atoms with E-state index in [4.69, 9.17) is 17.3 Å².